The fourth-order valence-corrected chi connectivity index (χ4v) is 1.91. The van der Waals surface area contributed by atoms with Gasteiger partial charge in [0, 0.05) is 6.42 Å². The van der Waals surface area contributed by atoms with E-state index in [1.165, 1.54) is 20.0 Å². The number of hydrogen-bond donors (Lipinski definition) is 1. The standard InChI is InChI=1S/C12H17ClN2O2S/c1-3-4-5-6-7-8-14-9(12(16)17-2)10(18)11(13)15-8/h18H,3-7H2,1-2H3. The third-order valence-corrected chi connectivity index (χ3v) is 3.35. The Balaban J connectivity index is 2.81. The molecule has 0 saturated carbocycles. The molecule has 0 unspecified atom stereocenters. The lowest BCUT2D eigenvalue weighted by Gasteiger charge is -2.07. The van der Waals surface area contributed by atoms with Gasteiger partial charge in [-0.15, -0.1) is 12.6 Å². The topological polar surface area (TPSA) is 52.1 Å². The van der Waals surface area contributed by atoms with Crippen LogP contribution in [0.4, 0.5) is 0 Å². The van der Waals surface area contributed by atoms with E-state index in [1.807, 2.05) is 0 Å². The van der Waals surface area contributed by atoms with Gasteiger partial charge in [0.05, 0.1) is 12.0 Å². The average molecular weight is 289 g/mol. The summed E-state index contributed by atoms with van der Waals surface area (Å²) < 4.78 is 4.63. The zero-order chi connectivity index (χ0) is 13.5. The highest BCUT2D eigenvalue weighted by atomic mass is 35.5. The quantitative estimate of drug-likeness (QED) is 0.377. The number of unbranched alkanes of at least 4 members (excludes halogenated alkanes) is 3. The molecule has 0 N–H and O–H groups in total. The van der Waals surface area contributed by atoms with Crippen molar-refractivity contribution in [2.75, 3.05) is 7.11 Å². The molecule has 0 atom stereocenters. The summed E-state index contributed by atoms with van der Waals surface area (Å²) in [6, 6.07) is 0. The summed E-state index contributed by atoms with van der Waals surface area (Å²) in [4.78, 5) is 20.0. The Kier molecular flexibility index (Phi) is 6.43. The second-order valence-corrected chi connectivity index (χ2v) is 4.74. The summed E-state index contributed by atoms with van der Waals surface area (Å²) in [6.45, 7) is 2.15. The summed E-state index contributed by atoms with van der Waals surface area (Å²) in [5.41, 5.74) is 0.131. The summed E-state index contributed by atoms with van der Waals surface area (Å²) in [6.07, 6.45) is 5.16. The number of hydrogen-bond acceptors (Lipinski definition) is 5. The number of halogens is 1. The van der Waals surface area contributed by atoms with E-state index in [0.29, 0.717) is 12.2 Å². The highest BCUT2D eigenvalue weighted by molar-refractivity contribution is 7.80. The van der Waals surface area contributed by atoms with Crippen LogP contribution in [0.15, 0.2) is 4.90 Å². The van der Waals surface area contributed by atoms with Crippen LogP contribution in [0.5, 0.6) is 0 Å². The van der Waals surface area contributed by atoms with Gasteiger partial charge in [-0.05, 0) is 6.42 Å². The van der Waals surface area contributed by atoms with E-state index in [4.69, 9.17) is 11.6 Å². The number of aromatic nitrogens is 2. The molecule has 0 amide bonds. The van der Waals surface area contributed by atoms with Gasteiger partial charge in [0.2, 0.25) is 0 Å². The van der Waals surface area contributed by atoms with Gasteiger partial charge in [0.15, 0.2) is 5.69 Å². The van der Waals surface area contributed by atoms with E-state index in [0.717, 1.165) is 12.8 Å². The number of carbonyl (C=O) groups is 1. The summed E-state index contributed by atoms with van der Waals surface area (Å²) in [5, 5.41) is 0.194. The molecule has 0 fully saturated rings. The second-order valence-electron chi connectivity index (χ2n) is 3.93. The number of esters is 1. The molecule has 4 nitrogen and oxygen atoms in total. The van der Waals surface area contributed by atoms with Crippen LogP contribution in [0.2, 0.25) is 5.15 Å². The molecule has 0 bridgehead atoms. The molecule has 1 heterocycles. The van der Waals surface area contributed by atoms with Gasteiger partial charge in [-0.1, -0.05) is 37.8 Å². The first-order valence-electron chi connectivity index (χ1n) is 5.93. The summed E-state index contributed by atoms with van der Waals surface area (Å²) in [5.74, 6) is 0.0217. The molecule has 0 spiro atoms. The van der Waals surface area contributed by atoms with Crippen molar-refractivity contribution in [2.45, 2.75) is 43.9 Å². The molecule has 1 aromatic heterocycles. The lowest BCUT2D eigenvalue weighted by Crippen LogP contribution is -2.10. The van der Waals surface area contributed by atoms with E-state index in [-0.39, 0.29) is 15.7 Å². The van der Waals surface area contributed by atoms with Crippen LogP contribution in [-0.4, -0.2) is 23.0 Å². The molecule has 0 aromatic carbocycles. The van der Waals surface area contributed by atoms with Gasteiger partial charge in [0.25, 0.3) is 0 Å². The minimum atomic E-state index is -0.542. The highest BCUT2D eigenvalue weighted by Crippen LogP contribution is 2.22. The average Bonchev–Trinajstić information content (AvgIpc) is 2.37. The third-order valence-electron chi connectivity index (χ3n) is 2.52. The Bertz CT molecular complexity index is 427. The van der Waals surface area contributed by atoms with Crippen molar-refractivity contribution in [3.63, 3.8) is 0 Å². The SMILES string of the molecule is CCCCCCc1nc(Cl)c(S)c(C(=O)OC)n1. The lowest BCUT2D eigenvalue weighted by molar-refractivity contribution is 0.0589. The van der Waals surface area contributed by atoms with Crippen LogP contribution in [0, 0.1) is 0 Å². The number of nitrogens with zero attached hydrogens (tertiary/aromatic N) is 2. The normalized spacial score (nSPS) is 10.4. The van der Waals surface area contributed by atoms with Crippen molar-refractivity contribution in [1.29, 1.82) is 0 Å². The van der Waals surface area contributed by atoms with Crippen molar-refractivity contribution in [3.8, 4) is 0 Å². The van der Waals surface area contributed by atoms with Crippen molar-refractivity contribution >= 4 is 30.2 Å². The molecule has 0 saturated heterocycles. The van der Waals surface area contributed by atoms with Crippen LogP contribution < -0.4 is 0 Å². The van der Waals surface area contributed by atoms with Crippen molar-refractivity contribution in [3.05, 3.63) is 16.7 Å². The Hall–Kier alpha value is -0.810. The third kappa shape index (κ3) is 4.14. The van der Waals surface area contributed by atoms with Crippen molar-refractivity contribution in [2.24, 2.45) is 0 Å². The Morgan fingerprint density at radius 2 is 2.06 bits per heavy atom. The van der Waals surface area contributed by atoms with Crippen molar-refractivity contribution in [1.82, 2.24) is 9.97 Å². The second kappa shape index (κ2) is 7.59. The number of ether oxygens (including phenoxy) is 1. The monoisotopic (exact) mass is 288 g/mol. The summed E-state index contributed by atoms with van der Waals surface area (Å²) in [7, 11) is 1.30. The Morgan fingerprint density at radius 1 is 1.33 bits per heavy atom. The maximum Gasteiger partial charge on any atom is 0.358 e. The number of aryl methyl sites for hydroxylation is 1. The van der Waals surface area contributed by atoms with Gasteiger partial charge in [-0.3, -0.25) is 0 Å². The fourth-order valence-electron chi connectivity index (χ4n) is 1.53. The molecule has 0 radical (unpaired) electrons. The van der Waals surface area contributed by atoms with E-state index in [2.05, 4.69) is 34.3 Å². The van der Waals surface area contributed by atoms with E-state index < -0.39 is 5.97 Å². The molecular formula is C12H17ClN2O2S. The zero-order valence-corrected chi connectivity index (χ0v) is 12.2. The van der Waals surface area contributed by atoms with Gasteiger partial charge in [-0.2, -0.15) is 0 Å². The van der Waals surface area contributed by atoms with Crippen LogP contribution in [-0.2, 0) is 11.2 Å². The van der Waals surface area contributed by atoms with E-state index >= 15 is 0 Å². The van der Waals surface area contributed by atoms with E-state index in [1.54, 1.807) is 0 Å². The maximum atomic E-state index is 11.5. The Morgan fingerprint density at radius 3 is 2.67 bits per heavy atom. The zero-order valence-electron chi connectivity index (χ0n) is 10.6. The van der Waals surface area contributed by atoms with Gasteiger partial charge in [-0.25, -0.2) is 14.8 Å². The first-order chi connectivity index (χ1) is 8.60. The number of thiol groups is 1. The smallest absolute Gasteiger partial charge is 0.358 e. The first-order valence-corrected chi connectivity index (χ1v) is 6.76. The molecule has 18 heavy (non-hydrogen) atoms. The van der Waals surface area contributed by atoms with Crippen LogP contribution in [0.1, 0.15) is 48.9 Å². The van der Waals surface area contributed by atoms with Crippen LogP contribution in [0.25, 0.3) is 0 Å². The molecule has 1 aromatic rings. The number of carbonyl (C=O) groups excluding carboxylic acids is 1. The molecule has 6 heteroatoms. The minimum Gasteiger partial charge on any atom is -0.464 e. The molecule has 0 aliphatic carbocycles. The van der Waals surface area contributed by atoms with E-state index in [9.17, 15) is 4.79 Å². The van der Waals surface area contributed by atoms with Crippen LogP contribution in [0.3, 0.4) is 0 Å². The lowest BCUT2D eigenvalue weighted by atomic mass is 10.1. The highest BCUT2D eigenvalue weighted by Gasteiger charge is 2.17. The molecular weight excluding hydrogens is 272 g/mol. The fraction of sp³-hybridized carbons (Fsp3) is 0.583. The van der Waals surface area contributed by atoms with Gasteiger partial charge >= 0.3 is 5.97 Å². The van der Waals surface area contributed by atoms with Crippen molar-refractivity contribution < 1.29 is 9.53 Å². The maximum absolute atomic E-state index is 11.5. The Labute approximate surface area is 118 Å². The van der Waals surface area contributed by atoms with Gasteiger partial charge < -0.3 is 4.74 Å². The predicted octanol–water partition coefficient (Wildman–Crippen LogP) is 3.33. The molecule has 0 aliphatic rings. The van der Waals surface area contributed by atoms with Crippen LogP contribution >= 0.6 is 24.2 Å². The number of rotatable bonds is 6. The first kappa shape index (κ1) is 15.2. The summed E-state index contributed by atoms with van der Waals surface area (Å²) >= 11 is 10.0. The molecule has 1 rings (SSSR count). The largest absolute Gasteiger partial charge is 0.464 e. The molecule has 100 valence electrons. The predicted molar refractivity (Wildman–Crippen MR) is 73.5 cm³/mol. The van der Waals surface area contributed by atoms with Gasteiger partial charge in [0.1, 0.15) is 11.0 Å². The minimum absolute atomic E-state index is 0.131. The molecule has 0 aliphatic heterocycles. The number of methoxy groups -OCH3 is 1.